The molecule has 0 aliphatic carbocycles. The highest BCUT2D eigenvalue weighted by Crippen LogP contribution is 2.33. The number of aryl methyl sites for hydroxylation is 1. The molecule has 0 unspecified atom stereocenters. The zero-order chi connectivity index (χ0) is 40.4. The van der Waals surface area contributed by atoms with Crippen molar-refractivity contribution in [3.63, 3.8) is 0 Å². The Labute approximate surface area is 332 Å². The van der Waals surface area contributed by atoms with E-state index in [2.05, 4.69) is 10.3 Å². The highest BCUT2D eigenvalue weighted by molar-refractivity contribution is 7.13. The second-order valence-electron chi connectivity index (χ2n) is 15.2. The van der Waals surface area contributed by atoms with E-state index in [9.17, 15) is 24.3 Å². The summed E-state index contributed by atoms with van der Waals surface area (Å²) < 4.78 is 27.9. The second kappa shape index (κ2) is 19.6. The number of amides is 3. The minimum Gasteiger partial charge on any atom is -0.491 e. The number of aromatic nitrogens is 1. The third-order valence-electron chi connectivity index (χ3n) is 9.33. The van der Waals surface area contributed by atoms with Crippen LogP contribution in [0.2, 0.25) is 0 Å². The van der Waals surface area contributed by atoms with Crippen molar-refractivity contribution < 1.29 is 48.0 Å². The van der Waals surface area contributed by atoms with E-state index >= 15 is 0 Å². The number of nitrogens with one attached hydrogen (secondary N) is 1. The number of aliphatic hydroxyl groups is 1. The Morgan fingerprint density at radius 3 is 2.36 bits per heavy atom. The number of carbonyl (C=O) groups excluding carboxylic acids is 4. The molecule has 1 fully saturated rings. The molecule has 2 aliphatic rings. The van der Waals surface area contributed by atoms with Crippen molar-refractivity contribution in [3.05, 3.63) is 70.4 Å². The summed E-state index contributed by atoms with van der Waals surface area (Å²) in [6.45, 7) is 13.1. The van der Waals surface area contributed by atoms with Crippen LogP contribution < -0.4 is 10.1 Å². The van der Waals surface area contributed by atoms with Gasteiger partial charge in [0.15, 0.2) is 0 Å². The van der Waals surface area contributed by atoms with Gasteiger partial charge < -0.3 is 43.9 Å². The first-order valence-electron chi connectivity index (χ1n) is 19.0. The van der Waals surface area contributed by atoms with E-state index in [4.69, 9.17) is 23.7 Å². The molecule has 3 aromatic rings. The molecule has 2 aliphatic heterocycles. The van der Waals surface area contributed by atoms with Crippen molar-refractivity contribution in [1.82, 2.24) is 20.1 Å². The molecule has 0 spiro atoms. The second-order valence-corrected chi connectivity index (χ2v) is 16.0. The molecule has 56 heavy (non-hydrogen) atoms. The number of benzene rings is 2. The van der Waals surface area contributed by atoms with Crippen molar-refractivity contribution in [2.45, 2.75) is 84.8 Å². The van der Waals surface area contributed by atoms with Crippen LogP contribution in [-0.2, 0) is 46.4 Å². The number of fused-ring (bicyclic) bond motifs is 1. The molecule has 15 heteroatoms. The number of thiazole rings is 1. The number of likely N-dealkylation sites (tertiary alicyclic amines) is 1. The van der Waals surface area contributed by atoms with Gasteiger partial charge in [-0.2, -0.15) is 0 Å². The normalized spacial score (nSPS) is 17.3. The van der Waals surface area contributed by atoms with Gasteiger partial charge in [-0.15, -0.1) is 11.3 Å². The van der Waals surface area contributed by atoms with Gasteiger partial charge in [0.25, 0.3) is 5.91 Å². The van der Waals surface area contributed by atoms with Crippen LogP contribution in [0.25, 0.3) is 10.4 Å². The highest BCUT2D eigenvalue weighted by atomic mass is 32.1. The number of aliphatic hydroxyl groups excluding tert-OH is 1. The number of carbonyl (C=O) groups is 4. The Morgan fingerprint density at radius 2 is 1.70 bits per heavy atom. The molecule has 0 radical (unpaired) electrons. The summed E-state index contributed by atoms with van der Waals surface area (Å²) in [5.41, 5.74) is 5.20. The van der Waals surface area contributed by atoms with E-state index in [0.29, 0.717) is 37.7 Å². The predicted molar refractivity (Wildman–Crippen MR) is 209 cm³/mol. The van der Waals surface area contributed by atoms with Crippen LogP contribution in [0.15, 0.2) is 48.0 Å². The average Bonchev–Trinajstić information content (AvgIpc) is 3.85. The molecule has 14 nitrogen and oxygen atoms in total. The van der Waals surface area contributed by atoms with E-state index in [0.717, 1.165) is 27.3 Å². The molecule has 3 amide bonds. The summed E-state index contributed by atoms with van der Waals surface area (Å²) in [6.07, 6.45) is -0.790. The highest BCUT2D eigenvalue weighted by Gasteiger charge is 2.45. The molecular formula is C41H54N4O10S. The number of β-amino-alcohol motifs (C(OH)–C–C–N with tert-alkyl or cyclic N) is 1. The molecule has 5 rings (SSSR count). The predicted octanol–water partition coefficient (Wildman–Crippen LogP) is 4.15. The minimum atomic E-state index is -0.908. The molecule has 3 heterocycles. The van der Waals surface area contributed by atoms with Gasteiger partial charge in [0.05, 0.1) is 55.2 Å². The quantitative estimate of drug-likeness (QED) is 0.132. The lowest BCUT2D eigenvalue weighted by Gasteiger charge is -2.35. The monoisotopic (exact) mass is 794 g/mol. The zero-order valence-corrected chi connectivity index (χ0v) is 33.9. The van der Waals surface area contributed by atoms with Crippen molar-refractivity contribution in [3.8, 4) is 16.2 Å². The van der Waals surface area contributed by atoms with Crippen LogP contribution in [0.3, 0.4) is 0 Å². The number of nitrogens with zero attached hydrogens (tertiary/aromatic N) is 3. The molecule has 0 bridgehead atoms. The molecule has 1 saturated heterocycles. The van der Waals surface area contributed by atoms with Gasteiger partial charge in [0.1, 0.15) is 36.6 Å². The Bertz CT molecular complexity index is 1830. The van der Waals surface area contributed by atoms with E-state index in [1.165, 1.54) is 16.2 Å². The van der Waals surface area contributed by atoms with E-state index in [-0.39, 0.29) is 63.7 Å². The lowest BCUT2D eigenvalue weighted by Crippen LogP contribution is -2.55. The molecule has 0 saturated carbocycles. The Morgan fingerprint density at radius 1 is 1.00 bits per heavy atom. The van der Waals surface area contributed by atoms with E-state index in [1.54, 1.807) is 43.3 Å². The van der Waals surface area contributed by atoms with Crippen LogP contribution in [-0.4, -0.2) is 120 Å². The number of esters is 1. The van der Waals surface area contributed by atoms with Crippen molar-refractivity contribution >= 4 is 35.0 Å². The van der Waals surface area contributed by atoms with Crippen molar-refractivity contribution in [2.24, 2.45) is 5.92 Å². The van der Waals surface area contributed by atoms with Gasteiger partial charge >= 0.3 is 5.97 Å². The summed E-state index contributed by atoms with van der Waals surface area (Å²) in [7, 11) is 0. The zero-order valence-electron chi connectivity index (χ0n) is 33.1. The van der Waals surface area contributed by atoms with Crippen LogP contribution in [0.5, 0.6) is 5.75 Å². The lowest BCUT2D eigenvalue weighted by molar-refractivity contribution is -0.160. The van der Waals surface area contributed by atoms with Crippen molar-refractivity contribution in [2.75, 3.05) is 52.8 Å². The number of rotatable bonds is 19. The smallest absolute Gasteiger partial charge is 0.332 e. The summed E-state index contributed by atoms with van der Waals surface area (Å²) in [5, 5.41) is 13.6. The molecule has 304 valence electrons. The summed E-state index contributed by atoms with van der Waals surface area (Å²) in [4.78, 5) is 61.4. The number of hydrogen-bond acceptors (Lipinski definition) is 12. The fourth-order valence-electron chi connectivity index (χ4n) is 6.79. The van der Waals surface area contributed by atoms with Crippen LogP contribution in [0, 0.1) is 12.8 Å². The van der Waals surface area contributed by atoms with Gasteiger partial charge in [-0.05, 0) is 56.9 Å². The lowest BCUT2D eigenvalue weighted by atomic mass is 10.0. The van der Waals surface area contributed by atoms with Gasteiger partial charge in [-0.1, -0.05) is 44.2 Å². The maximum Gasteiger partial charge on any atom is 0.332 e. The first-order chi connectivity index (χ1) is 26.7. The summed E-state index contributed by atoms with van der Waals surface area (Å²) >= 11 is 1.52. The maximum absolute atomic E-state index is 14.1. The topological polar surface area (TPSA) is 166 Å². The van der Waals surface area contributed by atoms with Gasteiger partial charge in [-0.25, -0.2) is 9.78 Å². The maximum atomic E-state index is 14.1. The minimum absolute atomic E-state index is 0.000700. The van der Waals surface area contributed by atoms with Gasteiger partial charge in [0, 0.05) is 37.2 Å². The summed E-state index contributed by atoms with van der Waals surface area (Å²) in [6, 6.07) is 11.4. The first kappa shape index (κ1) is 42.7. The Balaban J connectivity index is 1.14. The largest absolute Gasteiger partial charge is 0.491 e. The summed E-state index contributed by atoms with van der Waals surface area (Å²) in [5.74, 6) is -1.07. The molecular weight excluding hydrogens is 741 g/mol. The third-order valence-corrected chi connectivity index (χ3v) is 10.3. The fraction of sp³-hybridized carbons (Fsp3) is 0.537. The fourth-order valence-corrected chi connectivity index (χ4v) is 7.59. The first-order valence-corrected chi connectivity index (χ1v) is 19.9. The van der Waals surface area contributed by atoms with Crippen LogP contribution >= 0.6 is 11.3 Å². The standard InChI is InChI=1S/C41H54N4O10S/c1-26(2)36(45-22-30-9-7-8-10-32(30)39(45)49)40(50)44-23-31(46)20-33(44)38(48)42-21-29-12-11-28(37-27(3)43-25-56-37)19-34(29)54-18-17-52-14-13-51-15-16-53-24-35(47)55-41(4,5)6/h7-12,19,25-26,31,33,36,46H,13-18,20-24H2,1-6H3,(H,42,48)/t31-,33+,36+/m1/s1. The van der Waals surface area contributed by atoms with Crippen LogP contribution in [0.4, 0.5) is 0 Å². The molecule has 2 N–H and O–H groups in total. The average molecular weight is 795 g/mol. The molecule has 1 aromatic heterocycles. The van der Waals surface area contributed by atoms with E-state index < -0.39 is 35.7 Å². The Kier molecular flexibility index (Phi) is 15.0. The number of hydrogen-bond donors (Lipinski definition) is 2. The third kappa shape index (κ3) is 11.3. The Hall–Kier alpha value is -4.41. The number of ether oxygens (including phenoxy) is 5. The van der Waals surface area contributed by atoms with Crippen molar-refractivity contribution in [1.29, 1.82) is 0 Å². The van der Waals surface area contributed by atoms with Gasteiger partial charge in [0.2, 0.25) is 11.8 Å². The van der Waals surface area contributed by atoms with Crippen LogP contribution in [0.1, 0.15) is 68.2 Å². The SMILES string of the molecule is Cc1ncsc1-c1ccc(CNC(=O)[C@@H]2C[C@@H](O)CN2C(=O)[C@H](C(C)C)N2Cc3ccccc3C2=O)c(OCCOCCOCCOCC(=O)OC(C)(C)C)c1. The van der Waals surface area contributed by atoms with E-state index in [1.807, 2.05) is 51.1 Å². The molecule has 2 aromatic carbocycles. The van der Waals surface area contributed by atoms with Gasteiger partial charge in [-0.3, -0.25) is 14.4 Å². The molecule has 3 atom stereocenters.